The number of hydroxylamine groups is 1. The molecule has 8 heteroatoms. The minimum Gasteiger partial charge on any atom is -0.351 e. The second kappa shape index (κ2) is 14.6. The monoisotopic (exact) mass is 468 g/mol. The predicted molar refractivity (Wildman–Crippen MR) is 131 cm³/mol. The van der Waals surface area contributed by atoms with Crippen LogP contribution in [0.2, 0.25) is 0 Å². The lowest BCUT2D eigenvalue weighted by molar-refractivity contribution is -0.181. The fraction of sp³-hybridized carbons (Fsp3) is 0.400. The van der Waals surface area contributed by atoms with Crippen LogP contribution >= 0.6 is 11.3 Å². The van der Waals surface area contributed by atoms with Crippen molar-refractivity contribution in [1.29, 1.82) is 0 Å². The topological polar surface area (TPSA) is 85.4 Å². The summed E-state index contributed by atoms with van der Waals surface area (Å²) in [5.74, 6) is 0. The third-order valence-electron chi connectivity index (χ3n) is 5.05. The molecule has 0 bridgehead atoms. The first kappa shape index (κ1) is 25.1. The summed E-state index contributed by atoms with van der Waals surface area (Å²) in [5.41, 5.74) is 5.68. The van der Waals surface area contributed by atoms with Crippen molar-refractivity contribution in [3.05, 3.63) is 71.0 Å². The Kier molecular flexibility index (Phi) is 11.1. The smallest absolute Gasteiger partial charge is 0.177 e. The van der Waals surface area contributed by atoms with Crippen LogP contribution in [-0.4, -0.2) is 36.2 Å². The van der Waals surface area contributed by atoms with Crippen molar-refractivity contribution in [2.45, 2.75) is 51.5 Å². The van der Waals surface area contributed by atoms with Gasteiger partial charge in [-0.25, -0.2) is 5.48 Å². The van der Waals surface area contributed by atoms with E-state index in [1.54, 1.807) is 13.2 Å². The van der Waals surface area contributed by atoms with Crippen molar-refractivity contribution in [2.75, 3.05) is 13.7 Å². The van der Waals surface area contributed by atoms with Gasteiger partial charge in [-0.2, -0.15) is 0 Å². The minimum absolute atomic E-state index is 0.0275. The van der Waals surface area contributed by atoms with Gasteiger partial charge in [-0.05, 0) is 48.7 Å². The highest BCUT2D eigenvalue weighted by atomic mass is 32.1. The van der Waals surface area contributed by atoms with E-state index in [1.807, 2.05) is 48.7 Å². The van der Waals surface area contributed by atoms with Gasteiger partial charge >= 0.3 is 0 Å². The fourth-order valence-electron chi connectivity index (χ4n) is 3.40. The Balaban J connectivity index is 0.000000235. The Bertz CT molecular complexity index is 944. The Morgan fingerprint density at radius 3 is 2.82 bits per heavy atom. The maximum atomic E-state index is 10.8. The van der Waals surface area contributed by atoms with Gasteiger partial charge in [0.05, 0.1) is 21.1 Å². The molecule has 1 atom stereocenters. The molecule has 0 radical (unpaired) electrons. The van der Waals surface area contributed by atoms with Crippen molar-refractivity contribution < 1.29 is 14.4 Å². The first-order valence-corrected chi connectivity index (χ1v) is 12.1. The maximum absolute atomic E-state index is 10.8. The molecule has 4 rings (SSSR count). The minimum atomic E-state index is -0.0275. The summed E-state index contributed by atoms with van der Waals surface area (Å²) in [4.78, 5) is 26.4. The van der Waals surface area contributed by atoms with Crippen LogP contribution in [0.15, 0.2) is 54.9 Å². The SMILES string of the molecule is CNOC1CCCCCCO1.O=Cc1ccc(-c2cccc(CNCc3cccnc3)n2)s1. The van der Waals surface area contributed by atoms with Crippen LogP contribution < -0.4 is 10.8 Å². The largest absolute Gasteiger partial charge is 0.351 e. The van der Waals surface area contributed by atoms with Crippen molar-refractivity contribution in [3.63, 3.8) is 0 Å². The van der Waals surface area contributed by atoms with E-state index in [9.17, 15) is 4.79 Å². The maximum Gasteiger partial charge on any atom is 0.177 e. The first-order valence-electron chi connectivity index (χ1n) is 11.3. The van der Waals surface area contributed by atoms with Crippen molar-refractivity contribution >= 4 is 17.6 Å². The predicted octanol–water partition coefficient (Wildman–Crippen LogP) is 4.75. The van der Waals surface area contributed by atoms with Crippen LogP contribution in [0.3, 0.4) is 0 Å². The van der Waals surface area contributed by atoms with Crippen molar-refractivity contribution in [2.24, 2.45) is 0 Å². The van der Waals surface area contributed by atoms with Crippen LogP contribution in [0.25, 0.3) is 10.6 Å². The number of aromatic nitrogens is 2. The van der Waals surface area contributed by atoms with E-state index in [1.165, 1.54) is 37.0 Å². The van der Waals surface area contributed by atoms with Gasteiger partial charge in [-0.15, -0.1) is 11.3 Å². The molecule has 0 saturated carbocycles. The highest BCUT2D eigenvalue weighted by Crippen LogP contribution is 2.25. The average molecular weight is 469 g/mol. The van der Waals surface area contributed by atoms with Crippen LogP contribution in [0.5, 0.6) is 0 Å². The normalized spacial score (nSPS) is 16.2. The van der Waals surface area contributed by atoms with Crippen LogP contribution in [-0.2, 0) is 22.7 Å². The third kappa shape index (κ3) is 9.11. The number of thiophene rings is 1. The Labute approximate surface area is 199 Å². The number of ether oxygens (including phenoxy) is 1. The van der Waals surface area contributed by atoms with Crippen LogP contribution in [0.4, 0.5) is 0 Å². The van der Waals surface area contributed by atoms with E-state index in [-0.39, 0.29) is 6.29 Å². The lowest BCUT2D eigenvalue weighted by Crippen LogP contribution is -2.25. The molecule has 33 heavy (non-hydrogen) atoms. The number of hydrogen-bond acceptors (Lipinski definition) is 8. The summed E-state index contributed by atoms with van der Waals surface area (Å²) in [6.45, 7) is 2.29. The Morgan fingerprint density at radius 1 is 1.12 bits per heavy atom. The van der Waals surface area contributed by atoms with Gasteiger partial charge in [0, 0.05) is 45.6 Å². The van der Waals surface area contributed by atoms with E-state index < -0.39 is 0 Å². The number of nitrogens with zero attached hydrogens (tertiary/aromatic N) is 2. The zero-order valence-electron chi connectivity index (χ0n) is 19.0. The number of rotatable bonds is 8. The number of carbonyl (C=O) groups excluding carboxylic acids is 1. The average Bonchev–Trinajstić information content (AvgIpc) is 3.32. The number of hydrogen-bond donors (Lipinski definition) is 2. The zero-order valence-corrected chi connectivity index (χ0v) is 19.9. The summed E-state index contributed by atoms with van der Waals surface area (Å²) >= 11 is 1.46. The molecule has 0 aliphatic carbocycles. The Hall–Kier alpha value is -2.49. The quantitative estimate of drug-likeness (QED) is 0.364. The molecule has 2 N–H and O–H groups in total. The molecule has 0 aromatic carbocycles. The molecule has 1 saturated heterocycles. The molecule has 176 valence electrons. The highest BCUT2D eigenvalue weighted by molar-refractivity contribution is 7.17. The molecular formula is C25H32N4O3S. The molecule has 1 aliphatic heterocycles. The van der Waals surface area contributed by atoms with Crippen LogP contribution in [0, 0.1) is 0 Å². The third-order valence-corrected chi connectivity index (χ3v) is 6.08. The molecule has 1 aliphatic rings. The van der Waals surface area contributed by atoms with E-state index in [2.05, 4.69) is 20.8 Å². The standard InChI is InChI=1S/C17H15N3OS.C8H17NO2/c21-12-15-6-7-17(22-15)16-5-1-4-14(20-16)11-19-10-13-3-2-8-18-9-13;1-9-11-8-6-4-2-3-5-7-10-8/h1-9,12,19H,10-11H2;8-9H,2-7H2,1H3. The van der Waals surface area contributed by atoms with Gasteiger partial charge in [0.1, 0.15) is 0 Å². The molecule has 7 nitrogen and oxygen atoms in total. The van der Waals surface area contributed by atoms with E-state index in [0.29, 0.717) is 6.54 Å². The highest BCUT2D eigenvalue weighted by Gasteiger charge is 2.10. The fourth-order valence-corrected chi connectivity index (χ4v) is 4.19. The van der Waals surface area contributed by atoms with E-state index >= 15 is 0 Å². The molecule has 3 aromatic rings. The summed E-state index contributed by atoms with van der Waals surface area (Å²) in [6, 6.07) is 13.7. The molecule has 3 aromatic heterocycles. The summed E-state index contributed by atoms with van der Waals surface area (Å²) in [7, 11) is 1.77. The van der Waals surface area contributed by atoms with Crippen molar-refractivity contribution in [1.82, 2.24) is 20.8 Å². The number of carbonyl (C=O) groups is 1. The van der Waals surface area contributed by atoms with Gasteiger partial charge in [0.15, 0.2) is 12.6 Å². The Morgan fingerprint density at radius 2 is 2.03 bits per heavy atom. The zero-order chi connectivity index (χ0) is 23.1. The van der Waals surface area contributed by atoms with Crippen LogP contribution in [0.1, 0.15) is 53.0 Å². The van der Waals surface area contributed by atoms with Gasteiger partial charge in [-0.3, -0.25) is 19.6 Å². The van der Waals surface area contributed by atoms with Gasteiger partial charge in [-0.1, -0.05) is 25.0 Å². The van der Waals surface area contributed by atoms with Gasteiger partial charge in [0.25, 0.3) is 0 Å². The molecule has 1 unspecified atom stereocenters. The lowest BCUT2D eigenvalue weighted by Gasteiger charge is -2.19. The summed E-state index contributed by atoms with van der Waals surface area (Å²) in [5, 5.41) is 3.36. The van der Waals surface area contributed by atoms with Gasteiger partial charge < -0.3 is 10.1 Å². The molecule has 0 amide bonds. The molecular weight excluding hydrogens is 436 g/mol. The lowest BCUT2D eigenvalue weighted by atomic mass is 10.1. The second-order valence-electron chi connectivity index (χ2n) is 7.62. The molecule has 0 spiro atoms. The number of nitrogens with one attached hydrogen (secondary N) is 2. The molecule has 4 heterocycles. The number of aldehydes is 1. The second-order valence-corrected chi connectivity index (χ2v) is 8.74. The van der Waals surface area contributed by atoms with Crippen molar-refractivity contribution in [3.8, 4) is 10.6 Å². The summed E-state index contributed by atoms with van der Waals surface area (Å²) in [6.07, 6.45) is 10.5. The first-order chi connectivity index (χ1) is 16.3. The molecule has 1 fully saturated rings. The summed E-state index contributed by atoms with van der Waals surface area (Å²) < 4.78 is 5.44. The van der Waals surface area contributed by atoms with E-state index in [0.717, 1.165) is 52.6 Å². The van der Waals surface area contributed by atoms with Gasteiger partial charge in [0.2, 0.25) is 0 Å². The van der Waals surface area contributed by atoms with E-state index in [4.69, 9.17) is 9.57 Å². The number of pyridine rings is 2.